The first kappa shape index (κ1) is 14.8. The second-order valence-corrected chi connectivity index (χ2v) is 6.12. The summed E-state index contributed by atoms with van der Waals surface area (Å²) in [5, 5.41) is 17.0. The van der Waals surface area contributed by atoms with Crippen molar-refractivity contribution in [2.24, 2.45) is 0 Å². The number of hydrogen-bond donors (Lipinski definition) is 0. The molecule has 0 saturated heterocycles. The van der Waals surface area contributed by atoms with E-state index in [0.29, 0.717) is 19.4 Å². The minimum absolute atomic E-state index is 0.330. The van der Waals surface area contributed by atoms with Gasteiger partial charge < -0.3 is 0 Å². The molecule has 0 aliphatic rings. The standard InChI is InChI=1S/C17H19N7/c1-13(2)22(11-23-16-9-5-3-7-14(16)18-20-23)12-24-17-10-6-4-8-15(17)19-21-24/h3-10,13H,11-12H2,1-2H3. The molecule has 2 aromatic heterocycles. The summed E-state index contributed by atoms with van der Waals surface area (Å²) in [6.07, 6.45) is 0. The maximum Gasteiger partial charge on any atom is 0.113 e. The zero-order valence-corrected chi connectivity index (χ0v) is 13.7. The van der Waals surface area contributed by atoms with E-state index in [4.69, 9.17) is 0 Å². The Kier molecular flexibility index (Phi) is 3.70. The molecule has 0 unspecified atom stereocenters. The lowest BCUT2D eigenvalue weighted by Crippen LogP contribution is -2.35. The van der Waals surface area contributed by atoms with Gasteiger partial charge in [0.25, 0.3) is 0 Å². The van der Waals surface area contributed by atoms with Crippen molar-refractivity contribution in [3.05, 3.63) is 48.5 Å². The monoisotopic (exact) mass is 321 g/mol. The smallest absolute Gasteiger partial charge is 0.113 e. The molecular weight excluding hydrogens is 302 g/mol. The maximum atomic E-state index is 4.29. The first-order valence-electron chi connectivity index (χ1n) is 8.03. The predicted octanol–water partition coefficient (Wildman–Crippen LogP) is 2.50. The molecule has 0 N–H and O–H groups in total. The number of rotatable bonds is 5. The molecule has 0 amide bonds. The van der Waals surface area contributed by atoms with E-state index in [1.807, 2.05) is 57.9 Å². The molecule has 0 atom stereocenters. The van der Waals surface area contributed by atoms with Crippen LogP contribution >= 0.6 is 0 Å². The van der Waals surface area contributed by atoms with Crippen molar-refractivity contribution >= 4 is 22.1 Å². The minimum Gasteiger partial charge on any atom is -0.262 e. The molecule has 122 valence electrons. The molecule has 7 heteroatoms. The Morgan fingerprint density at radius 3 is 1.71 bits per heavy atom. The van der Waals surface area contributed by atoms with E-state index < -0.39 is 0 Å². The van der Waals surface area contributed by atoms with Crippen LogP contribution in [-0.2, 0) is 13.3 Å². The highest BCUT2D eigenvalue weighted by Gasteiger charge is 2.15. The van der Waals surface area contributed by atoms with Gasteiger partial charge in [-0.05, 0) is 38.1 Å². The fourth-order valence-electron chi connectivity index (χ4n) is 2.76. The lowest BCUT2D eigenvalue weighted by Gasteiger charge is -2.26. The second-order valence-electron chi connectivity index (χ2n) is 6.12. The first-order chi connectivity index (χ1) is 11.7. The van der Waals surface area contributed by atoms with E-state index in [-0.39, 0.29) is 0 Å². The van der Waals surface area contributed by atoms with Crippen LogP contribution in [0.1, 0.15) is 13.8 Å². The van der Waals surface area contributed by atoms with Crippen LogP contribution in [-0.4, -0.2) is 40.9 Å². The molecule has 4 rings (SSSR count). The highest BCUT2D eigenvalue weighted by molar-refractivity contribution is 5.74. The molecule has 0 fully saturated rings. The number of fused-ring (bicyclic) bond motifs is 2. The van der Waals surface area contributed by atoms with E-state index in [9.17, 15) is 0 Å². The average Bonchev–Trinajstić information content (AvgIpc) is 3.19. The maximum absolute atomic E-state index is 4.29. The number of nitrogens with zero attached hydrogens (tertiary/aromatic N) is 7. The zero-order valence-electron chi connectivity index (χ0n) is 13.7. The van der Waals surface area contributed by atoms with Gasteiger partial charge in [-0.15, -0.1) is 10.2 Å². The zero-order chi connectivity index (χ0) is 16.5. The van der Waals surface area contributed by atoms with E-state index in [0.717, 1.165) is 22.1 Å². The van der Waals surface area contributed by atoms with Gasteiger partial charge in [0.05, 0.1) is 24.4 Å². The van der Waals surface area contributed by atoms with Crippen molar-refractivity contribution in [3.8, 4) is 0 Å². The van der Waals surface area contributed by atoms with Crippen molar-refractivity contribution in [1.29, 1.82) is 0 Å². The van der Waals surface area contributed by atoms with E-state index in [1.165, 1.54) is 0 Å². The van der Waals surface area contributed by atoms with Crippen LogP contribution in [0.3, 0.4) is 0 Å². The summed E-state index contributed by atoms with van der Waals surface area (Å²) in [6.45, 7) is 5.62. The quantitative estimate of drug-likeness (QED) is 0.565. The third kappa shape index (κ3) is 2.63. The Morgan fingerprint density at radius 1 is 0.792 bits per heavy atom. The van der Waals surface area contributed by atoms with Crippen molar-refractivity contribution in [3.63, 3.8) is 0 Å². The van der Waals surface area contributed by atoms with Crippen LogP contribution in [0.15, 0.2) is 48.5 Å². The van der Waals surface area contributed by atoms with Crippen LogP contribution in [0, 0.1) is 0 Å². The predicted molar refractivity (Wildman–Crippen MR) is 92.0 cm³/mol. The molecule has 0 saturated carbocycles. The highest BCUT2D eigenvalue weighted by atomic mass is 15.5. The molecule has 0 bridgehead atoms. The highest BCUT2D eigenvalue weighted by Crippen LogP contribution is 2.14. The number of hydrogen-bond acceptors (Lipinski definition) is 5. The Bertz CT molecular complexity index is 893. The topological polar surface area (TPSA) is 64.7 Å². The lowest BCUT2D eigenvalue weighted by atomic mass is 10.3. The largest absolute Gasteiger partial charge is 0.262 e. The van der Waals surface area contributed by atoms with Gasteiger partial charge in [0.2, 0.25) is 0 Å². The summed E-state index contributed by atoms with van der Waals surface area (Å²) in [6, 6.07) is 16.3. The average molecular weight is 321 g/mol. The normalized spacial score (nSPS) is 12.0. The van der Waals surface area contributed by atoms with Crippen LogP contribution in [0.5, 0.6) is 0 Å². The molecule has 0 radical (unpaired) electrons. The third-order valence-electron chi connectivity index (χ3n) is 4.20. The van der Waals surface area contributed by atoms with E-state index in [1.54, 1.807) is 0 Å². The van der Waals surface area contributed by atoms with Gasteiger partial charge in [0.1, 0.15) is 11.0 Å². The Hall–Kier alpha value is -2.80. The van der Waals surface area contributed by atoms with Crippen LogP contribution in [0.25, 0.3) is 22.1 Å². The summed E-state index contributed by atoms with van der Waals surface area (Å²) >= 11 is 0. The molecule has 2 aromatic carbocycles. The summed E-state index contributed by atoms with van der Waals surface area (Å²) in [7, 11) is 0. The number of aromatic nitrogens is 6. The Labute approximate surface area is 139 Å². The molecular formula is C17H19N7. The SMILES string of the molecule is CC(C)N(Cn1nnc2ccccc21)Cn1nnc2ccccc21. The second kappa shape index (κ2) is 6.01. The van der Waals surface area contributed by atoms with Gasteiger partial charge in [-0.1, -0.05) is 34.7 Å². The molecule has 0 aliphatic heterocycles. The molecule has 7 nitrogen and oxygen atoms in total. The third-order valence-corrected chi connectivity index (χ3v) is 4.20. The molecule has 0 aliphatic carbocycles. The minimum atomic E-state index is 0.330. The summed E-state index contributed by atoms with van der Waals surface area (Å²) in [5.41, 5.74) is 3.89. The van der Waals surface area contributed by atoms with Crippen molar-refractivity contribution in [1.82, 2.24) is 34.9 Å². The molecule has 2 heterocycles. The fraction of sp³-hybridized carbons (Fsp3) is 0.294. The Morgan fingerprint density at radius 2 is 1.25 bits per heavy atom. The Balaban J connectivity index is 1.63. The van der Waals surface area contributed by atoms with E-state index in [2.05, 4.69) is 39.4 Å². The van der Waals surface area contributed by atoms with Gasteiger partial charge in [-0.2, -0.15) is 0 Å². The molecule has 0 spiro atoms. The van der Waals surface area contributed by atoms with Gasteiger partial charge >= 0.3 is 0 Å². The number of benzene rings is 2. The molecule has 4 aromatic rings. The van der Waals surface area contributed by atoms with Gasteiger partial charge in [-0.3, -0.25) is 4.90 Å². The van der Waals surface area contributed by atoms with Gasteiger partial charge in [0, 0.05) is 6.04 Å². The summed E-state index contributed by atoms with van der Waals surface area (Å²) < 4.78 is 3.85. The lowest BCUT2D eigenvalue weighted by molar-refractivity contribution is 0.117. The van der Waals surface area contributed by atoms with Crippen LogP contribution < -0.4 is 0 Å². The molecule has 24 heavy (non-hydrogen) atoms. The van der Waals surface area contributed by atoms with Gasteiger partial charge in [-0.25, -0.2) is 9.36 Å². The first-order valence-corrected chi connectivity index (χ1v) is 8.03. The van der Waals surface area contributed by atoms with Crippen LogP contribution in [0.2, 0.25) is 0 Å². The summed E-state index contributed by atoms with van der Waals surface area (Å²) in [5.74, 6) is 0. The number of para-hydroxylation sites is 2. The van der Waals surface area contributed by atoms with Crippen LogP contribution in [0.4, 0.5) is 0 Å². The van der Waals surface area contributed by atoms with E-state index >= 15 is 0 Å². The van der Waals surface area contributed by atoms with Crippen molar-refractivity contribution in [2.75, 3.05) is 0 Å². The van der Waals surface area contributed by atoms with Crippen molar-refractivity contribution < 1.29 is 0 Å². The fourth-order valence-corrected chi connectivity index (χ4v) is 2.76. The van der Waals surface area contributed by atoms with Gasteiger partial charge in [0.15, 0.2) is 0 Å². The summed E-state index contributed by atoms with van der Waals surface area (Å²) in [4.78, 5) is 2.28. The van der Waals surface area contributed by atoms with Crippen molar-refractivity contribution in [2.45, 2.75) is 33.2 Å².